The molecule has 2 rings (SSSR count). The normalized spacial score (nSPS) is 13.4. The molecule has 1 N–H and O–H groups in total. The average Bonchev–Trinajstić information content (AvgIpc) is 2.57. The first-order chi connectivity index (χ1) is 10.6. The van der Waals surface area contributed by atoms with Crippen LogP contribution < -0.4 is 0 Å². The van der Waals surface area contributed by atoms with E-state index in [0.29, 0.717) is 0 Å². The van der Waals surface area contributed by atoms with Gasteiger partial charge in [-0.05, 0) is 22.8 Å². The second-order valence-corrected chi connectivity index (χ2v) is 4.98. The molecule has 116 valence electrons. The second kappa shape index (κ2) is 7.04. The van der Waals surface area contributed by atoms with Gasteiger partial charge in [-0.2, -0.15) is 0 Å². The molecule has 2 aromatic carbocycles. The Morgan fingerprint density at radius 1 is 1.00 bits per heavy atom. The van der Waals surface area contributed by atoms with Gasteiger partial charge in [0.2, 0.25) is 0 Å². The van der Waals surface area contributed by atoms with Crippen LogP contribution in [0.1, 0.15) is 5.56 Å². The van der Waals surface area contributed by atoms with Crippen molar-refractivity contribution >= 4 is 22.7 Å². The third-order valence-corrected chi connectivity index (χ3v) is 3.60. The van der Waals surface area contributed by atoms with Crippen molar-refractivity contribution in [1.29, 1.82) is 0 Å². The summed E-state index contributed by atoms with van der Waals surface area (Å²) in [7, 11) is 2.38. The van der Waals surface area contributed by atoms with E-state index in [0.717, 1.165) is 23.4 Å². The van der Waals surface area contributed by atoms with E-state index in [9.17, 15) is 14.7 Å². The smallest absolute Gasteiger partial charge is 0.335 e. The number of carbonyl (C=O) groups excluding carboxylic acids is 2. The van der Waals surface area contributed by atoms with Gasteiger partial charge in [-0.3, -0.25) is 4.79 Å². The maximum absolute atomic E-state index is 11.9. The van der Waals surface area contributed by atoms with E-state index in [4.69, 9.17) is 0 Å². The minimum atomic E-state index is -1.55. The number of benzene rings is 2. The number of hydrogen-bond donors (Lipinski definition) is 1. The van der Waals surface area contributed by atoms with Crippen LogP contribution >= 0.6 is 0 Å². The lowest BCUT2D eigenvalue weighted by atomic mass is 9.92. The van der Waals surface area contributed by atoms with Crippen LogP contribution in [0.3, 0.4) is 0 Å². The zero-order chi connectivity index (χ0) is 16.1. The van der Waals surface area contributed by atoms with Crippen LogP contribution in [-0.2, 0) is 25.5 Å². The van der Waals surface area contributed by atoms with Gasteiger partial charge < -0.3 is 14.6 Å². The van der Waals surface area contributed by atoms with E-state index in [-0.39, 0.29) is 6.42 Å². The highest BCUT2D eigenvalue weighted by molar-refractivity contribution is 5.85. The van der Waals surface area contributed by atoms with E-state index in [1.165, 1.54) is 7.11 Å². The molecule has 5 nitrogen and oxygen atoms in total. The van der Waals surface area contributed by atoms with Crippen molar-refractivity contribution in [2.75, 3.05) is 14.2 Å². The third-order valence-electron chi connectivity index (χ3n) is 3.60. The molecule has 0 aliphatic carbocycles. The summed E-state index contributed by atoms with van der Waals surface area (Å²) in [6, 6.07) is 13.5. The summed E-state index contributed by atoms with van der Waals surface area (Å²) in [5.74, 6) is -2.50. The molecule has 2 aromatic rings. The van der Waals surface area contributed by atoms with Crippen molar-refractivity contribution in [3.63, 3.8) is 0 Å². The van der Waals surface area contributed by atoms with Crippen LogP contribution in [0.15, 0.2) is 42.5 Å². The summed E-state index contributed by atoms with van der Waals surface area (Å²) in [4.78, 5) is 23.3. The predicted molar refractivity (Wildman–Crippen MR) is 81.2 cm³/mol. The van der Waals surface area contributed by atoms with E-state index in [2.05, 4.69) is 9.47 Å². The molecule has 0 radical (unpaired) electrons. The highest BCUT2D eigenvalue weighted by Crippen LogP contribution is 2.20. The molecule has 1 unspecified atom stereocenters. The van der Waals surface area contributed by atoms with Crippen LogP contribution in [0.4, 0.5) is 0 Å². The van der Waals surface area contributed by atoms with Gasteiger partial charge in [-0.15, -0.1) is 0 Å². The molecule has 0 aliphatic rings. The van der Waals surface area contributed by atoms with Crippen molar-refractivity contribution in [3.8, 4) is 0 Å². The van der Waals surface area contributed by atoms with Gasteiger partial charge in [0.05, 0.1) is 20.1 Å². The topological polar surface area (TPSA) is 72.8 Å². The molecular weight excluding hydrogens is 284 g/mol. The van der Waals surface area contributed by atoms with E-state index >= 15 is 0 Å². The number of methoxy groups -OCH3 is 2. The highest BCUT2D eigenvalue weighted by atomic mass is 16.5. The Morgan fingerprint density at radius 2 is 1.64 bits per heavy atom. The minimum absolute atomic E-state index is 0.188. The largest absolute Gasteiger partial charge is 0.469 e. The third kappa shape index (κ3) is 3.43. The molecule has 0 saturated carbocycles. The van der Waals surface area contributed by atoms with Gasteiger partial charge in [0.1, 0.15) is 0 Å². The second-order valence-electron chi connectivity index (χ2n) is 4.98. The van der Waals surface area contributed by atoms with Crippen molar-refractivity contribution < 1.29 is 24.2 Å². The lowest BCUT2D eigenvalue weighted by molar-refractivity contribution is -0.163. The van der Waals surface area contributed by atoms with Gasteiger partial charge in [-0.1, -0.05) is 42.5 Å². The van der Waals surface area contributed by atoms with Crippen LogP contribution in [0.2, 0.25) is 0 Å². The number of rotatable bonds is 5. The summed E-state index contributed by atoms with van der Waals surface area (Å²) in [5, 5.41) is 12.1. The molecule has 0 amide bonds. The van der Waals surface area contributed by atoms with Crippen molar-refractivity contribution in [2.24, 2.45) is 5.92 Å². The molecule has 2 atom stereocenters. The van der Waals surface area contributed by atoms with Crippen LogP contribution in [0, 0.1) is 5.92 Å². The molecule has 0 bridgehead atoms. The van der Waals surface area contributed by atoms with Gasteiger partial charge in [0.15, 0.2) is 6.10 Å². The summed E-state index contributed by atoms with van der Waals surface area (Å²) in [5.41, 5.74) is 0.831. The number of ether oxygens (including phenoxy) is 2. The fourth-order valence-corrected chi connectivity index (χ4v) is 2.38. The zero-order valence-electron chi connectivity index (χ0n) is 12.5. The summed E-state index contributed by atoms with van der Waals surface area (Å²) >= 11 is 0. The Kier molecular flexibility index (Phi) is 5.12. The van der Waals surface area contributed by atoms with Crippen molar-refractivity contribution in [2.45, 2.75) is 12.5 Å². The molecule has 0 aliphatic heterocycles. The Bertz CT molecular complexity index is 680. The fraction of sp³-hybridized carbons (Fsp3) is 0.294. The monoisotopic (exact) mass is 302 g/mol. The van der Waals surface area contributed by atoms with Gasteiger partial charge in [0.25, 0.3) is 0 Å². The first-order valence-corrected chi connectivity index (χ1v) is 6.88. The number of aliphatic hydroxyl groups is 1. The summed E-state index contributed by atoms with van der Waals surface area (Å²) in [6.07, 6.45) is -1.36. The van der Waals surface area contributed by atoms with Crippen LogP contribution in [0.25, 0.3) is 10.8 Å². The Balaban J connectivity index is 2.28. The van der Waals surface area contributed by atoms with Crippen molar-refractivity contribution in [3.05, 3.63) is 48.0 Å². The molecule has 0 heterocycles. The van der Waals surface area contributed by atoms with Crippen molar-refractivity contribution in [1.82, 2.24) is 0 Å². The number of esters is 2. The fourth-order valence-electron chi connectivity index (χ4n) is 2.38. The highest BCUT2D eigenvalue weighted by Gasteiger charge is 2.33. The number of carbonyl (C=O) groups is 2. The van der Waals surface area contributed by atoms with Crippen LogP contribution in [-0.4, -0.2) is 37.4 Å². The van der Waals surface area contributed by atoms with E-state index in [1.807, 2.05) is 42.5 Å². The quantitative estimate of drug-likeness (QED) is 0.851. The molecule has 5 heteroatoms. The molecule has 0 saturated heterocycles. The number of hydrogen-bond acceptors (Lipinski definition) is 5. The number of aliphatic hydroxyl groups excluding tert-OH is 1. The first kappa shape index (κ1) is 16.0. The van der Waals surface area contributed by atoms with E-state index < -0.39 is 24.0 Å². The molecule has 0 fully saturated rings. The summed E-state index contributed by atoms with van der Waals surface area (Å²) in [6.45, 7) is 0. The maximum Gasteiger partial charge on any atom is 0.335 e. The zero-order valence-corrected chi connectivity index (χ0v) is 12.5. The Labute approximate surface area is 128 Å². The Morgan fingerprint density at radius 3 is 2.27 bits per heavy atom. The lowest BCUT2D eigenvalue weighted by Gasteiger charge is -2.19. The molecular formula is C17H18O5. The Hall–Kier alpha value is -2.40. The van der Waals surface area contributed by atoms with E-state index in [1.54, 1.807) is 0 Å². The van der Waals surface area contributed by atoms with Gasteiger partial charge >= 0.3 is 11.9 Å². The average molecular weight is 302 g/mol. The molecule has 22 heavy (non-hydrogen) atoms. The van der Waals surface area contributed by atoms with Gasteiger partial charge in [0, 0.05) is 0 Å². The predicted octanol–water partition coefficient (Wildman–Crippen LogP) is 1.71. The van der Waals surface area contributed by atoms with Gasteiger partial charge in [-0.25, -0.2) is 4.79 Å². The molecule has 0 aromatic heterocycles. The standard InChI is InChI=1S/C17H18O5/c1-21-16(19)14(15(18)17(20)22-2)10-11-7-8-12-5-3-4-6-13(12)9-11/h3-9,14-15,18H,10H2,1-2H3/t14?,15-/m0/s1. The summed E-state index contributed by atoms with van der Waals surface area (Å²) < 4.78 is 9.18. The van der Waals surface area contributed by atoms with Crippen LogP contribution in [0.5, 0.6) is 0 Å². The maximum atomic E-state index is 11.9. The minimum Gasteiger partial charge on any atom is -0.469 e. The lowest BCUT2D eigenvalue weighted by Crippen LogP contribution is -2.37. The first-order valence-electron chi connectivity index (χ1n) is 6.88. The SMILES string of the molecule is COC(=O)C(Cc1ccc2ccccc2c1)[C@H](O)C(=O)OC. The molecule has 0 spiro atoms. The number of fused-ring (bicyclic) bond motifs is 1.